The summed E-state index contributed by atoms with van der Waals surface area (Å²) in [6.45, 7) is 5.04. The highest BCUT2D eigenvalue weighted by atomic mass is 32.2. The van der Waals surface area contributed by atoms with Crippen LogP contribution in [0.2, 0.25) is 0 Å². The molecule has 2 rings (SSSR count). The average molecular weight is 419 g/mol. The number of carbonyl (C=O) groups excluding carboxylic acids is 2. The van der Waals surface area contributed by atoms with Crippen molar-refractivity contribution in [3.8, 4) is 0 Å². The molecule has 0 saturated heterocycles. The molecule has 2 aromatic rings. The third-order valence-corrected chi connectivity index (χ3v) is 6.46. The van der Waals surface area contributed by atoms with Crippen molar-refractivity contribution in [1.82, 2.24) is 4.31 Å². The topological polar surface area (TPSA) is 92.8 Å². The van der Waals surface area contributed by atoms with Crippen LogP contribution in [-0.4, -0.2) is 44.3 Å². The zero-order valence-electron chi connectivity index (χ0n) is 17.0. The lowest BCUT2D eigenvalue weighted by Crippen LogP contribution is -2.33. The molecule has 8 heteroatoms. The summed E-state index contributed by atoms with van der Waals surface area (Å²) >= 11 is 0. The van der Waals surface area contributed by atoms with Crippen molar-refractivity contribution in [2.45, 2.75) is 38.1 Å². The molecule has 0 aromatic heterocycles. The first-order valence-corrected chi connectivity index (χ1v) is 10.7. The lowest BCUT2D eigenvalue weighted by atomic mass is 10.1. The number of anilines is 1. The molecule has 156 valence electrons. The van der Waals surface area contributed by atoms with E-state index in [-0.39, 0.29) is 16.5 Å². The van der Waals surface area contributed by atoms with Gasteiger partial charge in [-0.3, -0.25) is 4.79 Å². The number of amides is 1. The van der Waals surface area contributed by atoms with Gasteiger partial charge in [-0.15, -0.1) is 0 Å². The van der Waals surface area contributed by atoms with E-state index in [1.54, 1.807) is 19.9 Å². The first-order chi connectivity index (χ1) is 13.6. The second-order valence-electron chi connectivity index (χ2n) is 6.82. The molecular formula is C21H26N2O5S. The van der Waals surface area contributed by atoms with E-state index in [0.717, 1.165) is 12.0 Å². The molecule has 0 unspecified atom stereocenters. The smallest absolute Gasteiger partial charge is 0.338 e. The Hall–Kier alpha value is -2.71. The van der Waals surface area contributed by atoms with Gasteiger partial charge in [0.25, 0.3) is 5.91 Å². The zero-order valence-corrected chi connectivity index (χ0v) is 17.8. The molecule has 0 saturated carbocycles. The number of sulfonamides is 1. The van der Waals surface area contributed by atoms with Crippen LogP contribution in [0.3, 0.4) is 0 Å². The highest BCUT2D eigenvalue weighted by molar-refractivity contribution is 7.89. The fourth-order valence-corrected chi connectivity index (χ4v) is 3.92. The summed E-state index contributed by atoms with van der Waals surface area (Å²) in [6.07, 6.45) is 0.837. The van der Waals surface area contributed by atoms with Gasteiger partial charge in [0.2, 0.25) is 10.0 Å². The van der Waals surface area contributed by atoms with Gasteiger partial charge in [0.15, 0.2) is 6.61 Å². The molecule has 7 nitrogen and oxygen atoms in total. The molecule has 0 fully saturated rings. The van der Waals surface area contributed by atoms with E-state index in [2.05, 4.69) is 5.32 Å². The van der Waals surface area contributed by atoms with E-state index in [4.69, 9.17) is 4.74 Å². The lowest BCUT2D eigenvalue weighted by Gasteiger charge is -2.21. The fraction of sp³-hybridized carbons (Fsp3) is 0.333. The van der Waals surface area contributed by atoms with E-state index in [1.165, 1.54) is 35.6 Å². The first kappa shape index (κ1) is 22.6. The normalized spacial score (nSPS) is 11.5. The number of nitrogens with one attached hydrogen (secondary N) is 1. The van der Waals surface area contributed by atoms with Crippen molar-refractivity contribution in [3.05, 3.63) is 59.7 Å². The van der Waals surface area contributed by atoms with Crippen molar-refractivity contribution < 1.29 is 22.7 Å². The molecule has 0 aliphatic carbocycles. The van der Waals surface area contributed by atoms with Gasteiger partial charge in [0.05, 0.1) is 10.5 Å². The van der Waals surface area contributed by atoms with Crippen LogP contribution < -0.4 is 5.32 Å². The second-order valence-corrected chi connectivity index (χ2v) is 8.82. The molecule has 0 atom stereocenters. The summed E-state index contributed by atoms with van der Waals surface area (Å²) in [5, 5.41) is 2.67. The van der Waals surface area contributed by atoms with Crippen LogP contribution in [-0.2, 0) is 26.0 Å². The number of aryl methyl sites for hydroxylation is 1. The van der Waals surface area contributed by atoms with Gasteiger partial charge in [-0.25, -0.2) is 13.2 Å². The summed E-state index contributed by atoms with van der Waals surface area (Å²) in [5.74, 6) is -1.25. The molecule has 2 aromatic carbocycles. The van der Waals surface area contributed by atoms with Gasteiger partial charge < -0.3 is 10.1 Å². The van der Waals surface area contributed by atoms with Crippen molar-refractivity contribution in [3.63, 3.8) is 0 Å². The molecule has 1 N–H and O–H groups in total. The SMILES string of the molecule is CCc1cccc(NC(=O)COC(=O)c2cccc(S(=O)(=O)N(C)C(C)C)c2)c1. The Morgan fingerprint density at radius 2 is 1.79 bits per heavy atom. The van der Waals surface area contributed by atoms with Gasteiger partial charge in [0, 0.05) is 18.8 Å². The molecule has 29 heavy (non-hydrogen) atoms. The number of ether oxygens (including phenoxy) is 1. The highest BCUT2D eigenvalue weighted by Crippen LogP contribution is 2.18. The maximum atomic E-state index is 12.6. The molecule has 0 radical (unpaired) electrons. The minimum atomic E-state index is -3.73. The number of hydrogen-bond donors (Lipinski definition) is 1. The fourth-order valence-electron chi connectivity index (χ4n) is 2.51. The van der Waals surface area contributed by atoms with Crippen LogP contribution in [0, 0.1) is 0 Å². The van der Waals surface area contributed by atoms with E-state index >= 15 is 0 Å². The molecule has 0 heterocycles. The third kappa shape index (κ3) is 5.88. The minimum absolute atomic E-state index is 0.0102. The predicted octanol–water partition coefficient (Wildman–Crippen LogP) is 3.07. The van der Waals surface area contributed by atoms with Crippen molar-refractivity contribution in [2.24, 2.45) is 0 Å². The van der Waals surface area contributed by atoms with Crippen LogP contribution >= 0.6 is 0 Å². The molecule has 0 aliphatic heterocycles. The van der Waals surface area contributed by atoms with Gasteiger partial charge in [-0.05, 0) is 56.2 Å². The van der Waals surface area contributed by atoms with Gasteiger partial charge >= 0.3 is 5.97 Å². The highest BCUT2D eigenvalue weighted by Gasteiger charge is 2.24. The third-order valence-electron chi connectivity index (χ3n) is 4.43. The van der Waals surface area contributed by atoms with Crippen molar-refractivity contribution in [2.75, 3.05) is 19.0 Å². The van der Waals surface area contributed by atoms with Crippen LogP contribution in [0.4, 0.5) is 5.69 Å². The summed E-state index contributed by atoms with van der Waals surface area (Å²) in [5.41, 5.74) is 1.75. The summed E-state index contributed by atoms with van der Waals surface area (Å²) in [7, 11) is -2.25. The molecule has 0 spiro atoms. The van der Waals surface area contributed by atoms with E-state index < -0.39 is 28.5 Å². The number of esters is 1. The second kappa shape index (κ2) is 9.67. The number of carbonyl (C=O) groups is 2. The van der Waals surface area contributed by atoms with Crippen molar-refractivity contribution in [1.29, 1.82) is 0 Å². The average Bonchev–Trinajstić information content (AvgIpc) is 2.71. The van der Waals surface area contributed by atoms with Crippen LogP contribution in [0.1, 0.15) is 36.7 Å². The predicted molar refractivity (Wildman–Crippen MR) is 111 cm³/mol. The van der Waals surface area contributed by atoms with Crippen LogP contribution in [0.25, 0.3) is 0 Å². The van der Waals surface area contributed by atoms with Crippen molar-refractivity contribution >= 4 is 27.6 Å². The van der Waals surface area contributed by atoms with Gasteiger partial charge in [-0.1, -0.05) is 25.1 Å². The number of benzene rings is 2. The number of nitrogens with zero attached hydrogens (tertiary/aromatic N) is 1. The zero-order chi connectivity index (χ0) is 21.6. The molecule has 1 amide bonds. The Balaban J connectivity index is 2.03. The molecular weight excluding hydrogens is 392 g/mol. The Morgan fingerprint density at radius 1 is 1.10 bits per heavy atom. The maximum absolute atomic E-state index is 12.6. The summed E-state index contributed by atoms with van der Waals surface area (Å²) < 4.78 is 31.4. The van der Waals surface area contributed by atoms with Crippen LogP contribution in [0.5, 0.6) is 0 Å². The summed E-state index contributed by atoms with van der Waals surface area (Å²) in [6, 6.07) is 12.7. The quantitative estimate of drug-likeness (QED) is 0.665. The van der Waals surface area contributed by atoms with Gasteiger partial charge in [-0.2, -0.15) is 4.31 Å². The van der Waals surface area contributed by atoms with E-state index in [1.807, 2.05) is 25.1 Å². The largest absolute Gasteiger partial charge is 0.452 e. The van der Waals surface area contributed by atoms with Gasteiger partial charge in [0.1, 0.15) is 0 Å². The summed E-state index contributed by atoms with van der Waals surface area (Å²) in [4.78, 5) is 24.3. The molecule has 0 bridgehead atoms. The standard InChI is InChI=1S/C21H26N2O5S/c1-5-16-8-6-10-18(12-16)22-20(24)14-28-21(25)17-9-7-11-19(13-17)29(26,27)23(4)15(2)3/h6-13,15H,5,14H2,1-4H3,(H,22,24). The number of rotatable bonds is 8. The Morgan fingerprint density at radius 3 is 2.45 bits per heavy atom. The Labute approximate surface area is 171 Å². The Kier molecular flexibility index (Phi) is 7.53. The first-order valence-electron chi connectivity index (χ1n) is 9.29. The van der Waals surface area contributed by atoms with E-state index in [9.17, 15) is 18.0 Å². The molecule has 0 aliphatic rings. The van der Waals surface area contributed by atoms with Crippen LogP contribution in [0.15, 0.2) is 53.4 Å². The number of hydrogen-bond acceptors (Lipinski definition) is 5. The monoisotopic (exact) mass is 418 g/mol. The Bertz CT molecular complexity index is 986. The van der Waals surface area contributed by atoms with E-state index in [0.29, 0.717) is 5.69 Å². The lowest BCUT2D eigenvalue weighted by molar-refractivity contribution is -0.119. The maximum Gasteiger partial charge on any atom is 0.338 e. The minimum Gasteiger partial charge on any atom is -0.452 e.